The van der Waals surface area contributed by atoms with Crippen LogP contribution in [0, 0.1) is 5.92 Å². The highest BCUT2D eigenvalue weighted by Gasteiger charge is 2.32. The molecule has 2 aliphatic carbocycles. The Morgan fingerprint density at radius 3 is 2.28 bits per heavy atom. The molecule has 1 aromatic rings. The maximum atomic E-state index is 12.4. The van der Waals surface area contributed by atoms with Gasteiger partial charge in [0.15, 0.2) is 0 Å². The van der Waals surface area contributed by atoms with Crippen molar-refractivity contribution in [3.63, 3.8) is 0 Å². The zero-order valence-electron chi connectivity index (χ0n) is 15.4. The summed E-state index contributed by atoms with van der Waals surface area (Å²) in [6.07, 6.45) is 11.2. The van der Waals surface area contributed by atoms with Gasteiger partial charge in [-0.2, -0.15) is 0 Å². The number of amides is 1. The Morgan fingerprint density at radius 2 is 1.68 bits per heavy atom. The fourth-order valence-electron chi connectivity index (χ4n) is 3.88. The lowest BCUT2D eigenvalue weighted by Gasteiger charge is -2.23. The van der Waals surface area contributed by atoms with Crippen molar-refractivity contribution < 1.29 is 9.53 Å². The molecule has 2 fully saturated rings. The van der Waals surface area contributed by atoms with Crippen molar-refractivity contribution >= 4 is 5.91 Å². The van der Waals surface area contributed by atoms with Crippen LogP contribution in [0.4, 0.5) is 0 Å². The molecule has 4 nitrogen and oxygen atoms in total. The lowest BCUT2D eigenvalue weighted by atomic mass is 9.97. The van der Waals surface area contributed by atoms with Crippen LogP contribution in [0.2, 0.25) is 0 Å². The van der Waals surface area contributed by atoms with E-state index in [4.69, 9.17) is 4.74 Å². The topological polar surface area (TPSA) is 50.4 Å². The van der Waals surface area contributed by atoms with Gasteiger partial charge in [0.2, 0.25) is 5.91 Å². The van der Waals surface area contributed by atoms with Gasteiger partial charge in [-0.05, 0) is 49.3 Å². The van der Waals surface area contributed by atoms with E-state index in [-0.39, 0.29) is 11.9 Å². The Kier molecular flexibility index (Phi) is 6.74. The summed E-state index contributed by atoms with van der Waals surface area (Å²) in [4.78, 5) is 12.4. The van der Waals surface area contributed by atoms with E-state index in [1.54, 1.807) is 7.11 Å². The molecule has 1 amide bonds. The molecular weight excluding hydrogens is 312 g/mol. The van der Waals surface area contributed by atoms with Crippen LogP contribution in [-0.4, -0.2) is 25.6 Å². The van der Waals surface area contributed by atoms with E-state index < -0.39 is 0 Å². The monoisotopic (exact) mass is 344 g/mol. The maximum absolute atomic E-state index is 12.4. The van der Waals surface area contributed by atoms with E-state index in [9.17, 15) is 4.79 Å². The molecule has 2 N–H and O–H groups in total. The van der Waals surface area contributed by atoms with Gasteiger partial charge in [-0.1, -0.05) is 44.2 Å². The van der Waals surface area contributed by atoms with E-state index >= 15 is 0 Å². The third kappa shape index (κ3) is 5.74. The van der Waals surface area contributed by atoms with Crippen LogP contribution < -0.4 is 15.4 Å². The zero-order chi connectivity index (χ0) is 17.5. The van der Waals surface area contributed by atoms with Crippen molar-refractivity contribution in [2.75, 3.05) is 13.7 Å². The summed E-state index contributed by atoms with van der Waals surface area (Å²) in [5, 5.41) is 6.75. The molecule has 0 saturated heterocycles. The van der Waals surface area contributed by atoms with Crippen molar-refractivity contribution in [2.24, 2.45) is 5.92 Å². The summed E-state index contributed by atoms with van der Waals surface area (Å²) < 4.78 is 5.24. The Balaban J connectivity index is 1.49. The molecule has 0 aliphatic heterocycles. The first-order chi connectivity index (χ1) is 12.3. The number of benzene rings is 1. The smallest absolute Gasteiger partial charge is 0.234 e. The molecule has 25 heavy (non-hydrogen) atoms. The van der Waals surface area contributed by atoms with Crippen LogP contribution in [0.3, 0.4) is 0 Å². The highest BCUT2D eigenvalue weighted by atomic mass is 16.5. The minimum absolute atomic E-state index is 0.143. The molecule has 138 valence electrons. The number of carbonyl (C=O) groups is 1. The number of hydrogen-bond donors (Lipinski definition) is 2. The summed E-state index contributed by atoms with van der Waals surface area (Å²) in [7, 11) is 1.69. The Bertz CT molecular complexity index is 531. The number of methoxy groups -OCH3 is 1. The van der Waals surface area contributed by atoms with Gasteiger partial charge in [0.1, 0.15) is 5.75 Å². The van der Waals surface area contributed by atoms with Gasteiger partial charge in [0.25, 0.3) is 0 Å². The largest absolute Gasteiger partial charge is 0.497 e. The fourth-order valence-corrected chi connectivity index (χ4v) is 3.88. The van der Waals surface area contributed by atoms with Gasteiger partial charge in [0.05, 0.1) is 13.7 Å². The van der Waals surface area contributed by atoms with Crippen LogP contribution in [-0.2, 0) is 4.79 Å². The molecule has 2 aliphatic rings. The first-order valence-electron chi connectivity index (χ1n) is 9.93. The zero-order valence-corrected chi connectivity index (χ0v) is 15.4. The quantitative estimate of drug-likeness (QED) is 0.787. The van der Waals surface area contributed by atoms with Crippen LogP contribution in [0.15, 0.2) is 24.3 Å². The first kappa shape index (κ1) is 18.2. The molecule has 3 rings (SSSR count). The van der Waals surface area contributed by atoms with Crippen molar-refractivity contribution in [2.45, 2.75) is 69.9 Å². The predicted octanol–water partition coefficient (Wildman–Crippen LogP) is 3.97. The normalized spacial score (nSPS) is 20.4. The minimum atomic E-state index is 0.143. The predicted molar refractivity (Wildman–Crippen MR) is 101 cm³/mol. The van der Waals surface area contributed by atoms with Gasteiger partial charge in [-0.15, -0.1) is 0 Å². The minimum Gasteiger partial charge on any atom is -0.497 e. The third-order valence-electron chi connectivity index (χ3n) is 5.52. The second-order valence-electron chi connectivity index (χ2n) is 7.58. The van der Waals surface area contributed by atoms with Gasteiger partial charge in [-0.25, -0.2) is 0 Å². The molecule has 0 bridgehead atoms. The van der Waals surface area contributed by atoms with Crippen LogP contribution >= 0.6 is 0 Å². The van der Waals surface area contributed by atoms with Crippen molar-refractivity contribution in [1.82, 2.24) is 10.6 Å². The van der Waals surface area contributed by atoms with Gasteiger partial charge < -0.3 is 15.4 Å². The molecule has 0 spiro atoms. The molecule has 0 unspecified atom stereocenters. The number of nitrogens with one attached hydrogen (secondary N) is 2. The van der Waals surface area contributed by atoms with Crippen molar-refractivity contribution in [3.8, 4) is 5.75 Å². The highest BCUT2D eigenvalue weighted by molar-refractivity contribution is 5.78. The summed E-state index contributed by atoms with van der Waals surface area (Å²) in [5.74, 6) is 1.67. The summed E-state index contributed by atoms with van der Waals surface area (Å²) in [6, 6.07) is 8.87. The maximum Gasteiger partial charge on any atom is 0.234 e. The standard InChI is InChI=1S/C21H32N2O2/c1-25-19-13-11-17(12-14-19)21(16-9-10-16)22-15-20(24)23-18-7-5-3-2-4-6-8-18/h11-14,16,18,21-22H,2-10,15H2,1H3,(H,23,24)/t21-/m1/s1. The SMILES string of the molecule is COc1ccc([C@H](NCC(=O)NC2CCCCCCC2)C2CC2)cc1. The Labute approximate surface area is 151 Å². The van der Waals surface area contributed by atoms with Crippen molar-refractivity contribution in [1.29, 1.82) is 0 Å². The van der Waals surface area contributed by atoms with Crippen LogP contribution in [0.5, 0.6) is 5.75 Å². The van der Waals surface area contributed by atoms with E-state index in [1.807, 2.05) is 12.1 Å². The summed E-state index contributed by atoms with van der Waals surface area (Å²) in [5.41, 5.74) is 1.25. The van der Waals surface area contributed by atoms with Gasteiger partial charge in [-0.3, -0.25) is 4.79 Å². The molecule has 4 heteroatoms. The number of ether oxygens (including phenoxy) is 1. The summed E-state index contributed by atoms with van der Waals surface area (Å²) >= 11 is 0. The highest BCUT2D eigenvalue weighted by Crippen LogP contribution is 2.41. The second-order valence-corrected chi connectivity index (χ2v) is 7.58. The molecule has 1 aromatic carbocycles. The third-order valence-corrected chi connectivity index (χ3v) is 5.52. The first-order valence-corrected chi connectivity index (χ1v) is 9.93. The van der Waals surface area contributed by atoms with E-state index in [2.05, 4.69) is 22.8 Å². The molecule has 0 heterocycles. The van der Waals surface area contributed by atoms with Crippen molar-refractivity contribution in [3.05, 3.63) is 29.8 Å². The van der Waals surface area contributed by atoms with Gasteiger partial charge >= 0.3 is 0 Å². The van der Waals surface area contributed by atoms with Gasteiger partial charge in [0, 0.05) is 12.1 Å². The molecule has 2 saturated carbocycles. The lowest BCUT2D eigenvalue weighted by Crippen LogP contribution is -2.41. The fraction of sp³-hybridized carbons (Fsp3) is 0.667. The van der Waals surface area contributed by atoms with Crippen LogP contribution in [0.25, 0.3) is 0 Å². The van der Waals surface area contributed by atoms with E-state index in [1.165, 1.54) is 50.5 Å². The van der Waals surface area contributed by atoms with E-state index in [0.717, 1.165) is 18.6 Å². The second kappa shape index (κ2) is 9.23. The average molecular weight is 344 g/mol. The molecular formula is C21H32N2O2. The molecule has 0 aromatic heterocycles. The Hall–Kier alpha value is -1.55. The Morgan fingerprint density at radius 1 is 1.04 bits per heavy atom. The number of rotatable bonds is 7. The lowest BCUT2D eigenvalue weighted by molar-refractivity contribution is -0.121. The number of hydrogen-bond acceptors (Lipinski definition) is 3. The summed E-state index contributed by atoms with van der Waals surface area (Å²) in [6.45, 7) is 0.406. The molecule has 0 radical (unpaired) electrons. The average Bonchev–Trinajstić information content (AvgIpc) is 3.43. The molecule has 1 atom stereocenters. The van der Waals surface area contributed by atoms with Crippen LogP contribution in [0.1, 0.15) is 69.4 Å². The van der Waals surface area contributed by atoms with E-state index in [0.29, 0.717) is 18.5 Å². The number of carbonyl (C=O) groups excluding carboxylic acids is 1.